The van der Waals surface area contributed by atoms with Crippen molar-refractivity contribution < 1.29 is 18.0 Å². The molecule has 3 aromatic rings. The number of hydrogen-bond donors (Lipinski definition) is 1. The minimum atomic E-state index is -4.55. The van der Waals surface area contributed by atoms with Gasteiger partial charge in [-0.05, 0) is 30.7 Å². The van der Waals surface area contributed by atoms with Crippen LogP contribution in [-0.2, 0) is 12.7 Å². The maximum atomic E-state index is 13.1. The Morgan fingerprint density at radius 2 is 1.89 bits per heavy atom. The molecule has 0 saturated carbocycles. The number of aryl methyl sites for hydroxylation is 1. The third-order valence-corrected chi connectivity index (χ3v) is 5.07. The van der Waals surface area contributed by atoms with Gasteiger partial charge in [-0.25, -0.2) is 4.68 Å². The van der Waals surface area contributed by atoms with Crippen molar-refractivity contribution in [2.45, 2.75) is 19.6 Å². The normalized spacial score (nSPS) is 11.5. The van der Waals surface area contributed by atoms with Gasteiger partial charge >= 0.3 is 6.18 Å². The molecule has 0 aliphatic heterocycles. The number of hydrogen-bond acceptors (Lipinski definition) is 2. The number of aromatic nitrogens is 2. The topological polar surface area (TPSA) is 46.9 Å². The van der Waals surface area contributed by atoms with Gasteiger partial charge in [0.15, 0.2) is 0 Å². The van der Waals surface area contributed by atoms with Crippen molar-refractivity contribution in [1.82, 2.24) is 9.78 Å². The van der Waals surface area contributed by atoms with Crippen LogP contribution >= 0.6 is 27.5 Å². The van der Waals surface area contributed by atoms with Gasteiger partial charge in [-0.2, -0.15) is 18.3 Å². The van der Waals surface area contributed by atoms with Gasteiger partial charge in [-0.3, -0.25) is 4.79 Å². The molecule has 0 radical (unpaired) electrons. The number of nitrogens with one attached hydrogen (secondary N) is 1. The van der Waals surface area contributed by atoms with E-state index < -0.39 is 17.6 Å². The van der Waals surface area contributed by atoms with E-state index in [9.17, 15) is 18.0 Å². The van der Waals surface area contributed by atoms with Crippen LogP contribution in [0.5, 0.6) is 0 Å². The highest BCUT2D eigenvalue weighted by Crippen LogP contribution is 2.36. The molecule has 0 atom stereocenters. The summed E-state index contributed by atoms with van der Waals surface area (Å²) >= 11 is 9.19. The van der Waals surface area contributed by atoms with Crippen molar-refractivity contribution in [3.05, 3.63) is 80.5 Å². The van der Waals surface area contributed by atoms with Crippen molar-refractivity contribution in [2.75, 3.05) is 5.32 Å². The molecule has 1 heterocycles. The standard InChI is InChI=1S/C19H14BrClF3N3O/c1-11-16(17(21)27(26-11)10-12-5-3-2-4-6-12)18(28)25-13-7-8-15(20)14(9-13)19(22,23)24/h2-9H,10H2,1H3,(H,25,28). The van der Waals surface area contributed by atoms with Crippen LogP contribution in [0.3, 0.4) is 0 Å². The fraction of sp³-hybridized carbons (Fsp3) is 0.158. The van der Waals surface area contributed by atoms with Gasteiger partial charge in [0.2, 0.25) is 0 Å². The van der Waals surface area contributed by atoms with Crippen LogP contribution in [0.15, 0.2) is 53.0 Å². The van der Waals surface area contributed by atoms with Crippen molar-refractivity contribution in [3.63, 3.8) is 0 Å². The molecule has 0 unspecified atom stereocenters. The van der Waals surface area contributed by atoms with Crippen LogP contribution in [0.4, 0.5) is 18.9 Å². The highest BCUT2D eigenvalue weighted by molar-refractivity contribution is 9.10. The average molecular weight is 473 g/mol. The van der Waals surface area contributed by atoms with Gasteiger partial charge in [-0.1, -0.05) is 57.9 Å². The van der Waals surface area contributed by atoms with E-state index in [1.54, 1.807) is 6.92 Å². The zero-order valence-corrected chi connectivity index (χ0v) is 16.9. The molecule has 0 spiro atoms. The zero-order valence-electron chi connectivity index (χ0n) is 14.5. The van der Waals surface area contributed by atoms with Crippen molar-refractivity contribution >= 4 is 39.1 Å². The summed E-state index contributed by atoms with van der Waals surface area (Å²) in [5, 5.41) is 6.85. The quantitative estimate of drug-likeness (QED) is 0.512. The molecular weight excluding hydrogens is 459 g/mol. The molecule has 0 bridgehead atoms. The molecule has 28 heavy (non-hydrogen) atoms. The summed E-state index contributed by atoms with van der Waals surface area (Å²) < 4.78 is 40.5. The number of rotatable bonds is 4. The Kier molecular flexibility index (Phi) is 5.81. The van der Waals surface area contributed by atoms with E-state index in [0.29, 0.717) is 12.2 Å². The Bertz CT molecular complexity index is 1020. The first-order chi connectivity index (χ1) is 13.2. The Morgan fingerprint density at radius 1 is 1.21 bits per heavy atom. The third-order valence-electron chi connectivity index (χ3n) is 4.00. The summed E-state index contributed by atoms with van der Waals surface area (Å²) in [5.41, 5.74) is 0.571. The summed E-state index contributed by atoms with van der Waals surface area (Å²) in [6.07, 6.45) is -4.55. The molecule has 1 N–H and O–H groups in total. The largest absolute Gasteiger partial charge is 0.417 e. The minimum Gasteiger partial charge on any atom is -0.322 e. The Hall–Kier alpha value is -2.32. The number of halogens is 5. The number of nitrogens with zero attached hydrogens (tertiary/aromatic N) is 2. The van der Waals surface area contributed by atoms with Crippen molar-refractivity contribution in [1.29, 1.82) is 0 Å². The SMILES string of the molecule is Cc1nn(Cc2ccccc2)c(Cl)c1C(=O)Nc1ccc(Br)c(C(F)(F)F)c1. The second-order valence-electron chi connectivity index (χ2n) is 6.04. The van der Waals surface area contributed by atoms with E-state index in [-0.39, 0.29) is 20.9 Å². The minimum absolute atomic E-state index is 0.00630. The molecule has 2 aromatic carbocycles. The van der Waals surface area contributed by atoms with E-state index in [0.717, 1.165) is 11.6 Å². The first-order valence-corrected chi connectivity index (χ1v) is 9.29. The molecule has 1 amide bonds. The Balaban J connectivity index is 1.86. The van der Waals surface area contributed by atoms with Crippen molar-refractivity contribution in [3.8, 4) is 0 Å². The van der Waals surface area contributed by atoms with Gasteiger partial charge < -0.3 is 5.32 Å². The summed E-state index contributed by atoms with van der Waals surface area (Å²) in [5.74, 6) is -0.628. The van der Waals surface area contributed by atoms with Crippen LogP contribution in [0.2, 0.25) is 5.15 Å². The van der Waals surface area contributed by atoms with Gasteiger partial charge in [0.05, 0.1) is 23.4 Å². The van der Waals surface area contributed by atoms with Crippen LogP contribution in [0.25, 0.3) is 0 Å². The lowest BCUT2D eigenvalue weighted by molar-refractivity contribution is -0.138. The molecule has 9 heteroatoms. The lowest BCUT2D eigenvalue weighted by atomic mass is 10.2. The number of benzene rings is 2. The second kappa shape index (κ2) is 7.97. The third kappa shape index (κ3) is 4.39. The lowest BCUT2D eigenvalue weighted by Crippen LogP contribution is -2.14. The van der Waals surface area contributed by atoms with Gasteiger partial charge in [0.1, 0.15) is 5.15 Å². The number of carbonyl (C=O) groups excluding carboxylic acids is 1. The van der Waals surface area contributed by atoms with E-state index in [2.05, 4.69) is 26.3 Å². The van der Waals surface area contributed by atoms with Crippen LogP contribution in [-0.4, -0.2) is 15.7 Å². The Morgan fingerprint density at radius 3 is 2.54 bits per heavy atom. The predicted molar refractivity (Wildman–Crippen MR) is 105 cm³/mol. The molecule has 1 aromatic heterocycles. The summed E-state index contributed by atoms with van der Waals surface area (Å²) in [6, 6.07) is 12.9. The maximum absolute atomic E-state index is 13.1. The van der Waals surface area contributed by atoms with E-state index in [4.69, 9.17) is 11.6 Å². The molecule has 0 aliphatic carbocycles. The van der Waals surface area contributed by atoms with Crippen LogP contribution in [0, 0.1) is 6.92 Å². The monoisotopic (exact) mass is 471 g/mol. The number of anilines is 1. The summed E-state index contributed by atoms with van der Waals surface area (Å²) in [7, 11) is 0. The lowest BCUT2D eigenvalue weighted by Gasteiger charge is -2.12. The molecule has 0 saturated heterocycles. The molecule has 0 aliphatic rings. The molecule has 0 fully saturated rings. The first kappa shape index (κ1) is 20.4. The Labute approximate surface area is 172 Å². The fourth-order valence-corrected chi connectivity index (χ4v) is 3.48. The van der Waals surface area contributed by atoms with Crippen molar-refractivity contribution in [2.24, 2.45) is 0 Å². The molecule has 4 nitrogen and oxygen atoms in total. The number of carbonyl (C=O) groups is 1. The molecular formula is C19H14BrClF3N3O. The summed E-state index contributed by atoms with van der Waals surface area (Å²) in [4.78, 5) is 12.6. The number of alkyl halides is 3. The zero-order chi connectivity index (χ0) is 20.5. The maximum Gasteiger partial charge on any atom is 0.417 e. The highest BCUT2D eigenvalue weighted by atomic mass is 79.9. The molecule has 3 rings (SSSR count). The predicted octanol–water partition coefficient (Wildman–Crippen LogP) is 5.93. The van der Waals surface area contributed by atoms with E-state index >= 15 is 0 Å². The summed E-state index contributed by atoms with van der Waals surface area (Å²) in [6.45, 7) is 1.98. The second-order valence-corrected chi connectivity index (χ2v) is 7.25. The smallest absolute Gasteiger partial charge is 0.322 e. The van der Waals surface area contributed by atoms with Gasteiger partial charge in [-0.15, -0.1) is 0 Å². The van der Waals surface area contributed by atoms with Gasteiger partial charge in [0.25, 0.3) is 5.91 Å². The fourth-order valence-electron chi connectivity index (χ4n) is 2.69. The van der Waals surface area contributed by atoms with E-state index in [1.807, 2.05) is 30.3 Å². The van der Waals surface area contributed by atoms with Crippen LogP contribution < -0.4 is 5.32 Å². The van der Waals surface area contributed by atoms with Gasteiger partial charge in [0, 0.05) is 10.2 Å². The first-order valence-electron chi connectivity index (χ1n) is 8.11. The number of amides is 1. The molecule has 146 valence electrons. The highest BCUT2D eigenvalue weighted by Gasteiger charge is 2.33. The average Bonchev–Trinajstić information content (AvgIpc) is 2.90. The van der Waals surface area contributed by atoms with E-state index in [1.165, 1.54) is 16.8 Å². The van der Waals surface area contributed by atoms with Crippen LogP contribution in [0.1, 0.15) is 27.2 Å².